The van der Waals surface area contributed by atoms with E-state index in [0.717, 1.165) is 32.0 Å². The Morgan fingerprint density at radius 2 is 2.24 bits per heavy atom. The Balaban J connectivity index is 2.35. The highest BCUT2D eigenvalue weighted by Crippen LogP contribution is 2.22. The quantitative estimate of drug-likeness (QED) is 0.728. The molecule has 1 heterocycles. The molecule has 0 bridgehead atoms. The summed E-state index contributed by atoms with van der Waals surface area (Å²) in [6.07, 6.45) is 3.36. The van der Waals surface area contributed by atoms with Crippen molar-refractivity contribution in [2.24, 2.45) is 11.7 Å². The van der Waals surface area contributed by atoms with Crippen LogP contribution in [-0.4, -0.2) is 42.5 Å². The predicted molar refractivity (Wildman–Crippen MR) is 70.7 cm³/mol. The van der Waals surface area contributed by atoms with Crippen molar-refractivity contribution in [3.8, 4) is 0 Å². The average Bonchev–Trinajstić information content (AvgIpc) is 2.25. The second-order valence-electron chi connectivity index (χ2n) is 5.32. The van der Waals surface area contributed by atoms with Gasteiger partial charge in [-0.05, 0) is 45.2 Å². The Kier molecular flexibility index (Phi) is 5.92. The van der Waals surface area contributed by atoms with Crippen LogP contribution in [-0.2, 0) is 4.79 Å². The minimum Gasteiger partial charge on any atom is -0.368 e. The van der Waals surface area contributed by atoms with Crippen molar-refractivity contribution in [3.63, 3.8) is 0 Å². The van der Waals surface area contributed by atoms with Crippen LogP contribution in [0.25, 0.3) is 0 Å². The smallest absolute Gasteiger partial charge is 0.234 e. The molecule has 1 aliphatic heterocycles. The lowest BCUT2D eigenvalue weighted by Crippen LogP contribution is -2.46. The maximum Gasteiger partial charge on any atom is 0.234 e. The monoisotopic (exact) mass is 241 g/mol. The Hall–Kier alpha value is -0.610. The maximum atomic E-state index is 11.2. The molecule has 1 rings (SSSR count). The van der Waals surface area contributed by atoms with Crippen molar-refractivity contribution < 1.29 is 4.79 Å². The summed E-state index contributed by atoms with van der Waals surface area (Å²) in [4.78, 5) is 13.7. The molecule has 1 saturated heterocycles. The predicted octanol–water partition coefficient (Wildman–Crippen LogP) is 0.960. The Morgan fingerprint density at radius 1 is 1.53 bits per heavy atom. The number of hydrogen-bond donors (Lipinski definition) is 2. The van der Waals surface area contributed by atoms with Crippen molar-refractivity contribution in [3.05, 3.63) is 0 Å². The zero-order valence-corrected chi connectivity index (χ0v) is 11.4. The molecule has 0 aromatic heterocycles. The normalized spacial score (nSPS) is 27.9. The topological polar surface area (TPSA) is 58.4 Å². The third-order valence-corrected chi connectivity index (χ3v) is 3.77. The van der Waals surface area contributed by atoms with Gasteiger partial charge in [-0.1, -0.05) is 13.8 Å². The molecule has 1 fully saturated rings. The van der Waals surface area contributed by atoms with E-state index < -0.39 is 0 Å². The fourth-order valence-corrected chi connectivity index (χ4v) is 2.67. The van der Waals surface area contributed by atoms with E-state index in [0.29, 0.717) is 6.04 Å². The highest BCUT2D eigenvalue weighted by Gasteiger charge is 2.24. The van der Waals surface area contributed by atoms with Crippen LogP contribution in [0.2, 0.25) is 0 Å². The molecule has 3 N–H and O–H groups in total. The molecule has 4 nitrogen and oxygen atoms in total. The standard InChI is InChI=1S/C13H27N3O/c1-4-15-12(13(14)17)6-8-16-7-5-10(2)9-11(16)3/h10-12,15H,4-9H2,1-3H3,(H2,14,17). The first-order valence-corrected chi connectivity index (χ1v) is 6.81. The highest BCUT2D eigenvalue weighted by molar-refractivity contribution is 5.79. The van der Waals surface area contributed by atoms with Gasteiger partial charge < -0.3 is 16.0 Å². The van der Waals surface area contributed by atoms with Gasteiger partial charge in [0.05, 0.1) is 6.04 Å². The van der Waals surface area contributed by atoms with Crippen LogP contribution >= 0.6 is 0 Å². The lowest BCUT2D eigenvalue weighted by molar-refractivity contribution is -0.120. The average molecular weight is 241 g/mol. The molecule has 0 spiro atoms. The van der Waals surface area contributed by atoms with Crippen molar-refractivity contribution in [1.29, 1.82) is 0 Å². The first-order chi connectivity index (χ1) is 8.04. The Morgan fingerprint density at radius 3 is 2.76 bits per heavy atom. The summed E-state index contributed by atoms with van der Waals surface area (Å²) < 4.78 is 0. The second kappa shape index (κ2) is 6.97. The van der Waals surface area contributed by atoms with Gasteiger partial charge >= 0.3 is 0 Å². The molecule has 100 valence electrons. The fourth-order valence-electron chi connectivity index (χ4n) is 2.67. The molecule has 17 heavy (non-hydrogen) atoms. The molecule has 0 aromatic carbocycles. The Bertz CT molecular complexity index is 245. The van der Waals surface area contributed by atoms with Crippen molar-refractivity contribution >= 4 is 5.91 Å². The summed E-state index contributed by atoms with van der Waals surface area (Å²) in [5.74, 6) is 0.604. The molecular weight excluding hydrogens is 214 g/mol. The summed E-state index contributed by atoms with van der Waals surface area (Å²) in [5, 5.41) is 3.14. The van der Waals surface area contributed by atoms with Crippen LogP contribution in [0.3, 0.4) is 0 Å². The zero-order valence-electron chi connectivity index (χ0n) is 11.4. The van der Waals surface area contributed by atoms with Crippen LogP contribution in [0, 0.1) is 5.92 Å². The van der Waals surface area contributed by atoms with Crippen LogP contribution in [0.5, 0.6) is 0 Å². The lowest BCUT2D eigenvalue weighted by atomic mass is 9.93. The summed E-state index contributed by atoms with van der Waals surface area (Å²) in [6.45, 7) is 9.51. The molecule has 4 heteroatoms. The van der Waals surface area contributed by atoms with E-state index >= 15 is 0 Å². The second-order valence-corrected chi connectivity index (χ2v) is 5.32. The largest absolute Gasteiger partial charge is 0.368 e. The summed E-state index contributed by atoms with van der Waals surface area (Å²) >= 11 is 0. The van der Waals surface area contributed by atoms with Gasteiger partial charge in [0.15, 0.2) is 0 Å². The first-order valence-electron chi connectivity index (χ1n) is 6.81. The molecule has 0 saturated carbocycles. The Labute approximate surface area is 105 Å². The van der Waals surface area contributed by atoms with E-state index in [2.05, 4.69) is 24.1 Å². The number of amides is 1. The number of nitrogens with one attached hydrogen (secondary N) is 1. The minimum atomic E-state index is -0.232. The fraction of sp³-hybridized carbons (Fsp3) is 0.923. The number of nitrogens with zero attached hydrogens (tertiary/aromatic N) is 1. The van der Waals surface area contributed by atoms with Gasteiger partial charge in [0.1, 0.15) is 0 Å². The SMILES string of the molecule is CCNC(CCN1CCC(C)CC1C)C(N)=O. The van der Waals surface area contributed by atoms with Gasteiger partial charge in [-0.15, -0.1) is 0 Å². The minimum absolute atomic E-state index is 0.174. The number of piperidine rings is 1. The maximum absolute atomic E-state index is 11.2. The molecule has 0 aromatic rings. The van der Waals surface area contributed by atoms with Crippen LogP contribution in [0.1, 0.15) is 40.0 Å². The van der Waals surface area contributed by atoms with Crippen molar-refractivity contribution in [2.45, 2.75) is 52.1 Å². The number of hydrogen-bond acceptors (Lipinski definition) is 3. The highest BCUT2D eigenvalue weighted by atomic mass is 16.1. The molecule has 3 unspecified atom stereocenters. The van der Waals surface area contributed by atoms with Gasteiger partial charge in [0.2, 0.25) is 5.91 Å². The number of carbonyl (C=O) groups excluding carboxylic acids is 1. The van der Waals surface area contributed by atoms with Gasteiger partial charge in [-0.3, -0.25) is 4.79 Å². The molecular formula is C13H27N3O. The van der Waals surface area contributed by atoms with E-state index in [1.165, 1.54) is 12.8 Å². The van der Waals surface area contributed by atoms with E-state index in [-0.39, 0.29) is 11.9 Å². The third kappa shape index (κ3) is 4.64. The molecule has 0 radical (unpaired) electrons. The number of carbonyl (C=O) groups is 1. The zero-order chi connectivity index (χ0) is 12.8. The van der Waals surface area contributed by atoms with Gasteiger partial charge in [-0.25, -0.2) is 0 Å². The molecule has 1 aliphatic rings. The summed E-state index contributed by atoms with van der Waals surface area (Å²) in [6, 6.07) is 0.459. The number of likely N-dealkylation sites (tertiary alicyclic amines) is 1. The third-order valence-electron chi connectivity index (χ3n) is 3.77. The van der Waals surface area contributed by atoms with Gasteiger partial charge in [0, 0.05) is 12.6 Å². The van der Waals surface area contributed by atoms with Crippen molar-refractivity contribution in [1.82, 2.24) is 10.2 Å². The van der Waals surface area contributed by atoms with Crippen LogP contribution < -0.4 is 11.1 Å². The number of likely N-dealkylation sites (N-methyl/N-ethyl adjacent to an activating group) is 1. The number of nitrogens with two attached hydrogens (primary N) is 1. The summed E-state index contributed by atoms with van der Waals surface area (Å²) in [7, 11) is 0. The van der Waals surface area contributed by atoms with E-state index in [4.69, 9.17) is 5.73 Å². The number of rotatable bonds is 6. The molecule has 3 atom stereocenters. The molecule has 0 aliphatic carbocycles. The van der Waals surface area contributed by atoms with Crippen LogP contribution in [0.15, 0.2) is 0 Å². The van der Waals surface area contributed by atoms with E-state index in [1.54, 1.807) is 0 Å². The van der Waals surface area contributed by atoms with Crippen LogP contribution in [0.4, 0.5) is 0 Å². The van der Waals surface area contributed by atoms with E-state index in [9.17, 15) is 4.79 Å². The van der Waals surface area contributed by atoms with Gasteiger partial charge in [0.25, 0.3) is 0 Å². The van der Waals surface area contributed by atoms with E-state index in [1.807, 2.05) is 6.92 Å². The number of primary amides is 1. The van der Waals surface area contributed by atoms with Crippen molar-refractivity contribution in [2.75, 3.05) is 19.6 Å². The summed E-state index contributed by atoms with van der Waals surface area (Å²) in [5.41, 5.74) is 5.38. The van der Waals surface area contributed by atoms with Gasteiger partial charge in [-0.2, -0.15) is 0 Å². The first kappa shape index (κ1) is 14.5. The lowest BCUT2D eigenvalue weighted by Gasteiger charge is -2.37. The molecule has 1 amide bonds.